The van der Waals surface area contributed by atoms with Crippen molar-refractivity contribution in [2.75, 3.05) is 5.32 Å². The van der Waals surface area contributed by atoms with Crippen LogP contribution in [0.15, 0.2) is 18.3 Å². The summed E-state index contributed by atoms with van der Waals surface area (Å²) in [7, 11) is 0. The lowest BCUT2D eigenvalue weighted by atomic mass is 10.4. The minimum absolute atomic E-state index is 0. The number of anilines is 1. The Bertz CT molecular complexity index is 258. The van der Waals surface area contributed by atoms with E-state index in [1.54, 1.807) is 12.3 Å². The van der Waals surface area contributed by atoms with Crippen molar-refractivity contribution in [2.45, 2.75) is 14.4 Å². The van der Waals surface area contributed by atoms with Gasteiger partial charge < -0.3 is 5.32 Å². The third-order valence-corrected chi connectivity index (χ3v) is 1.67. The predicted octanol–water partition coefficient (Wildman–Crippen LogP) is 2.28. The molecule has 3 nitrogen and oxygen atoms in total. The van der Waals surface area contributed by atoms with E-state index in [4.69, 9.17) is 0 Å². The minimum Gasteiger partial charge on any atom is -0.311 e. The van der Waals surface area contributed by atoms with Gasteiger partial charge in [-0.25, -0.2) is 4.98 Å². The summed E-state index contributed by atoms with van der Waals surface area (Å²) in [6.07, 6.45) is 1.70. The van der Waals surface area contributed by atoms with E-state index in [1.807, 2.05) is 6.07 Å². The lowest BCUT2D eigenvalue weighted by Gasteiger charge is -1.98. The van der Waals surface area contributed by atoms with Crippen LogP contribution in [0.25, 0.3) is 0 Å². The van der Waals surface area contributed by atoms with E-state index in [9.17, 15) is 4.79 Å². The van der Waals surface area contributed by atoms with Crippen molar-refractivity contribution in [1.29, 1.82) is 0 Å². The summed E-state index contributed by atoms with van der Waals surface area (Å²) < 4.78 is 1.05. The summed E-state index contributed by atoms with van der Waals surface area (Å²) in [6, 6.07) is 3.65. The third kappa shape index (κ3) is 3.66. The number of hydrogen-bond acceptors (Lipinski definition) is 2. The van der Waals surface area contributed by atoms with Gasteiger partial charge in [-0.15, -0.1) is 0 Å². The second kappa shape index (κ2) is 5.08. The zero-order valence-electron chi connectivity index (χ0n) is 5.97. The number of carbonyl (C=O) groups excluding carboxylic acids is 1. The van der Waals surface area contributed by atoms with E-state index in [0.29, 0.717) is 5.82 Å². The molecule has 0 fully saturated rings. The van der Waals surface area contributed by atoms with Crippen molar-refractivity contribution < 1.29 is 4.79 Å². The number of pyridine rings is 1. The minimum atomic E-state index is -0.0984. The van der Waals surface area contributed by atoms with Gasteiger partial charge >= 0.3 is 0 Å². The molecule has 1 aromatic heterocycles. The number of rotatable bonds is 1. The second-order valence-corrected chi connectivity index (χ2v) is 3.29. The molecule has 0 saturated carbocycles. The maximum absolute atomic E-state index is 10.5. The van der Waals surface area contributed by atoms with Gasteiger partial charge in [0.1, 0.15) is 5.82 Å². The summed E-state index contributed by atoms with van der Waals surface area (Å²) in [4.78, 5) is 14.5. The molecule has 0 radical (unpaired) electrons. The van der Waals surface area contributed by atoms with Gasteiger partial charge in [0, 0.05) is 16.7 Å². The maximum atomic E-state index is 10.5. The molecular formula is C8H11IN2O. The Morgan fingerprint density at radius 3 is 2.67 bits per heavy atom. The molecule has 66 valence electrons. The van der Waals surface area contributed by atoms with E-state index in [2.05, 4.69) is 32.9 Å². The molecule has 0 spiro atoms. The van der Waals surface area contributed by atoms with Crippen molar-refractivity contribution in [3.8, 4) is 0 Å². The van der Waals surface area contributed by atoms with Crippen molar-refractivity contribution in [2.24, 2.45) is 0 Å². The van der Waals surface area contributed by atoms with Gasteiger partial charge in [0.2, 0.25) is 5.91 Å². The van der Waals surface area contributed by atoms with Gasteiger partial charge in [-0.3, -0.25) is 4.79 Å². The quantitative estimate of drug-likeness (QED) is 0.801. The third-order valence-electron chi connectivity index (χ3n) is 1.03. The van der Waals surface area contributed by atoms with Crippen LogP contribution < -0.4 is 5.32 Å². The highest BCUT2D eigenvalue weighted by molar-refractivity contribution is 14.1. The number of hydrogen-bond donors (Lipinski definition) is 1. The maximum Gasteiger partial charge on any atom is 0.222 e. The molecule has 0 aliphatic rings. The molecule has 1 amide bonds. The van der Waals surface area contributed by atoms with Gasteiger partial charge in [0.05, 0.1) is 0 Å². The molecule has 1 aromatic rings. The first-order valence-electron chi connectivity index (χ1n) is 3.07. The van der Waals surface area contributed by atoms with Crippen LogP contribution in [0.4, 0.5) is 5.82 Å². The number of halogens is 1. The fraction of sp³-hybridized carbons (Fsp3) is 0.250. The molecule has 0 unspecified atom stereocenters. The molecule has 12 heavy (non-hydrogen) atoms. The van der Waals surface area contributed by atoms with Gasteiger partial charge in [-0.2, -0.15) is 0 Å². The first-order chi connectivity index (χ1) is 5.18. The number of carbonyl (C=O) groups is 1. The van der Waals surface area contributed by atoms with Crippen LogP contribution in [-0.4, -0.2) is 10.9 Å². The Balaban J connectivity index is 0.00000121. The second-order valence-electron chi connectivity index (χ2n) is 2.04. The molecule has 0 saturated heterocycles. The molecule has 1 N–H and O–H groups in total. The zero-order valence-corrected chi connectivity index (χ0v) is 8.12. The molecular weight excluding hydrogens is 267 g/mol. The number of aromatic nitrogens is 1. The van der Waals surface area contributed by atoms with Crippen LogP contribution in [0.3, 0.4) is 0 Å². The summed E-state index contributed by atoms with van der Waals surface area (Å²) >= 11 is 2.15. The average Bonchev–Trinajstić information content (AvgIpc) is 1.93. The van der Waals surface area contributed by atoms with E-state index in [-0.39, 0.29) is 13.3 Å². The summed E-state index contributed by atoms with van der Waals surface area (Å²) in [6.45, 7) is 1.46. The highest BCUT2D eigenvalue weighted by Crippen LogP contribution is 2.06. The lowest BCUT2D eigenvalue weighted by Crippen LogP contribution is -2.06. The van der Waals surface area contributed by atoms with Crippen LogP contribution in [0.1, 0.15) is 14.4 Å². The molecule has 0 bridgehead atoms. The van der Waals surface area contributed by atoms with E-state index in [1.165, 1.54) is 6.92 Å². The Morgan fingerprint density at radius 1 is 1.58 bits per heavy atom. The molecule has 0 atom stereocenters. The number of nitrogens with one attached hydrogen (secondary N) is 1. The van der Waals surface area contributed by atoms with Gasteiger partial charge in [0.25, 0.3) is 0 Å². The van der Waals surface area contributed by atoms with Crippen LogP contribution in [0.5, 0.6) is 0 Å². The Morgan fingerprint density at radius 2 is 2.25 bits per heavy atom. The van der Waals surface area contributed by atoms with Gasteiger partial charge in [-0.05, 0) is 34.7 Å². The fourth-order valence-electron chi connectivity index (χ4n) is 0.630. The molecule has 1 heterocycles. The Labute approximate surface area is 85.7 Å². The van der Waals surface area contributed by atoms with Crippen LogP contribution in [0.2, 0.25) is 0 Å². The normalized spacial score (nSPS) is 8.50. The highest BCUT2D eigenvalue weighted by atomic mass is 127. The van der Waals surface area contributed by atoms with Crippen molar-refractivity contribution in [3.05, 3.63) is 21.9 Å². The molecule has 1 rings (SSSR count). The largest absolute Gasteiger partial charge is 0.311 e. The molecule has 0 aliphatic carbocycles. The molecule has 4 heteroatoms. The molecule has 0 aromatic carbocycles. The summed E-state index contributed by atoms with van der Waals surface area (Å²) in [5, 5.41) is 2.58. The van der Waals surface area contributed by atoms with Gasteiger partial charge in [0.15, 0.2) is 0 Å². The highest BCUT2D eigenvalue weighted by Gasteiger charge is 1.94. The summed E-state index contributed by atoms with van der Waals surface area (Å²) in [5.74, 6) is 0.497. The average molecular weight is 278 g/mol. The number of nitrogens with zero attached hydrogens (tertiary/aromatic N) is 1. The first-order valence-corrected chi connectivity index (χ1v) is 4.15. The van der Waals surface area contributed by atoms with E-state index in [0.717, 1.165) is 3.57 Å². The van der Waals surface area contributed by atoms with Crippen LogP contribution >= 0.6 is 22.6 Å². The standard InChI is InChI=1S/C7H7IN2O.CH4/c1-5(11)10-7-3-2-6(8)4-9-7;/h2-4H,1H3,(H,9,10,11);1H4. The SMILES string of the molecule is C.CC(=O)Nc1ccc(I)cn1. The van der Waals surface area contributed by atoms with Crippen molar-refractivity contribution >= 4 is 34.3 Å². The van der Waals surface area contributed by atoms with Crippen LogP contribution in [0, 0.1) is 3.57 Å². The van der Waals surface area contributed by atoms with E-state index >= 15 is 0 Å². The predicted molar refractivity (Wildman–Crippen MR) is 58.0 cm³/mol. The monoisotopic (exact) mass is 278 g/mol. The van der Waals surface area contributed by atoms with Crippen molar-refractivity contribution in [1.82, 2.24) is 4.98 Å². The van der Waals surface area contributed by atoms with Gasteiger partial charge in [-0.1, -0.05) is 7.43 Å². The number of amides is 1. The van der Waals surface area contributed by atoms with Crippen molar-refractivity contribution in [3.63, 3.8) is 0 Å². The first kappa shape index (κ1) is 11.4. The smallest absolute Gasteiger partial charge is 0.222 e. The lowest BCUT2D eigenvalue weighted by molar-refractivity contribution is -0.114. The molecule has 0 aliphatic heterocycles. The Hall–Kier alpha value is -0.650. The Kier molecular flexibility index (Phi) is 4.80. The topological polar surface area (TPSA) is 42.0 Å². The van der Waals surface area contributed by atoms with E-state index < -0.39 is 0 Å². The zero-order chi connectivity index (χ0) is 8.27. The fourth-order valence-corrected chi connectivity index (χ4v) is 0.949. The summed E-state index contributed by atoms with van der Waals surface area (Å²) in [5.41, 5.74) is 0. The van der Waals surface area contributed by atoms with Crippen LogP contribution in [-0.2, 0) is 4.79 Å².